The third-order valence-electron chi connectivity index (χ3n) is 2.09. The minimum absolute atomic E-state index is 0.602. The lowest BCUT2D eigenvalue weighted by atomic mass is 10.1. The minimum Gasteiger partial charge on any atom is -0.143 e. The summed E-state index contributed by atoms with van der Waals surface area (Å²) in [4.78, 5) is 0. The van der Waals surface area contributed by atoms with Crippen LogP contribution in [0.25, 0.3) is 10.1 Å². The molecule has 0 saturated heterocycles. The van der Waals surface area contributed by atoms with E-state index in [9.17, 15) is 0 Å². The predicted molar refractivity (Wildman–Crippen MR) is 68.8 cm³/mol. The number of fused-ring (bicyclic) bond motifs is 1. The standard InChI is InChI=1S/C10H8ClIS/c1-6-4-7(5-11)8-2-3-13-10(8)9(6)12/h2-4H,5H2,1H3. The fourth-order valence-corrected chi connectivity index (χ4v) is 3.40. The van der Waals surface area contributed by atoms with Crippen molar-refractivity contribution in [3.8, 4) is 0 Å². The highest BCUT2D eigenvalue weighted by atomic mass is 127. The Hall–Kier alpha value is 0.200. The number of aryl methyl sites for hydroxylation is 1. The molecule has 2 aromatic rings. The van der Waals surface area contributed by atoms with E-state index in [0.717, 1.165) is 0 Å². The SMILES string of the molecule is Cc1cc(CCl)c2ccsc2c1I. The van der Waals surface area contributed by atoms with Crippen LogP contribution in [0.3, 0.4) is 0 Å². The molecular formula is C10H8ClIS. The molecule has 0 saturated carbocycles. The number of thiophene rings is 1. The Morgan fingerprint density at radius 1 is 1.54 bits per heavy atom. The highest BCUT2D eigenvalue weighted by Gasteiger charge is 2.07. The topological polar surface area (TPSA) is 0 Å². The molecule has 0 amide bonds. The Balaban J connectivity index is 2.87. The average molecular weight is 323 g/mol. The first-order valence-corrected chi connectivity index (χ1v) is 6.44. The maximum atomic E-state index is 5.89. The molecule has 2 rings (SSSR count). The van der Waals surface area contributed by atoms with Gasteiger partial charge in [-0.25, -0.2) is 0 Å². The van der Waals surface area contributed by atoms with E-state index in [-0.39, 0.29) is 0 Å². The highest BCUT2D eigenvalue weighted by Crippen LogP contribution is 2.32. The van der Waals surface area contributed by atoms with Gasteiger partial charge in [0.2, 0.25) is 0 Å². The maximum absolute atomic E-state index is 5.89. The smallest absolute Gasteiger partial charge is 0.0482 e. The van der Waals surface area contributed by atoms with Gasteiger partial charge in [0, 0.05) is 14.2 Å². The molecule has 0 bridgehead atoms. The van der Waals surface area contributed by atoms with Gasteiger partial charge in [0.1, 0.15) is 0 Å². The summed E-state index contributed by atoms with van der Waals surface area (Å²) in [7, 11) is 0. The van der Waals surface area contributed by atoms with Crippen LogP contribution in [-0.4, -0.2) is 0 Å². The fourth-order valence-electron chi connectivity index (χ4n) is 1.42. The molecule has 0 spiro atoms. The molecule has 13 heavy (non-hydrogen) atoms. The number of rotatable bonds is 1. The van der Waals surface area contributed by atoms with Crippen LogP contribution in [-0.2, 0) is 5.88 Å². The van der Waals surface area contributed by atoms with Crippen LogP contribution in [0, 0.1) is 10.5 Å². The van der Waals surface area contributed by atoms with E-state index < -0.39 is 0 Å². The van der Waals surface area contributed by atoms with Crippen LogP contribution in [0.1, 0.15) is 11.1 Å². The summed E-state index contributed by atoms with van der Waals surface area (Å²) >= 11 is 10.1. The molecule has 1 aromatic carbocycles. The second-order valence-electron chi connectivity index (χ2n) is 2.96. The van der Waals surface area contributed by atoms with Crippen molar-refractivity contribution in [1.82, 2.24) is 0 Å². The van der Waals surface area contributed by atoms with Gasteiger partial charge in [0.15, 0.2) is 0 Å². The van der Waals surface area contributed by atoms with Gasteiger partial charge < -0.3 is 0 Å². The van der Waals surface area contributed by atoms with Gasteiger partial charge in [-0.1, -0.05) is 6.07 Å². The van der Waals surface area contributed by atoms with Crippen molar-refractivity contribution < 1.29 is 0 Å². The van der Waals surface area contributed by atoms with Crippen LogP contribution in [0.15, 0.2) is 17.5 Å². The number of benzene rings is 1. The van der Waals surface area contributed by atoms with Crippen LogP contribution < -0.4 is 0 Å². The van der Waals surface area contributed by atoms with Crippen molar-refractivity contribution in [3.05, 3.63) is 32.2 Å². The first kappa shape index (κ1) is 9.74. The zero-order valence-electron chi connectivity index (χ0n) is 7.10. The van der Waals surface area contributed by atoms with Gasteiger partial charge in [-0.05, 0) is 57.5 Å². The van der Waals surface area contributed by atoms with Crippen LogP contribution in [0.2, 0.25) is 0 Å². The van der Waals surface area contributed by atoms with Crippen LogP contribution in [0.4, 0.5) is 0 Å². The summed E-state index contributed by atoms with van der Waals surface area (Å²) in [5, 5.41) is 3.44. The highest BCUT2D eigenvalue weighted by molar-refractivity contribution is 14.1. The van der Waals surface area contributed by atoms with Gasteiger partial charge in [-0.2, -0.15) is 0 Å². The predicted octanol–water partition coefficient (Wildman–Crippen LogP) is 4.55. The van der Waals surface area contributed by atoms with Crippen molar-refractivity contribution in [2.24, 2.45) is 0 Å². The van der Waals surface area contributed by atoms with Crippen molar-refractivity contribution in [2.75, 3.05) is 0 Å². The third kappa shape index (κ3) is 1.60. The van der Waals surface area contributed by atoms with Crippen molar-refractivity contribution >= 4 is 55.6 Å². The Morgan fingerprint density at radius 2 is 2.31 bits per heavy atom. The Bertz CT molecular complexity index is 447. The molecule has 0 nitrogen and oxygen atoms in total. The quantitative estimate of drug-likeness (QED) is 0.533. The second kappa shape index (κ2) is 3.75. The molecule has 0 unspecified atom stereocenters. The van der Waals surface area contributed by atoms with Crippen LogP contribution >= 0.6 is 45.5 Å². The summed E-state index contributed by atoms with van der Waals surface area (Å²) in [6.45, 7) is 2.14. The Kier molecular flexibility index (Phi) is 2.81. The van der Waals surface area contributed by atoms with Gasteiger partial charge in [0.25, 0.3) is 0 Å². The molecular weight excluding hydrogens is 315 g/mol. The summed E-state index contributed by atoms with van der Waals surface area (Å²) in [5.41, 5.74) is 2.57. The van der Waals surface area contributed by atoms with E-state index in [1.165, 1.54) is 24.8 Å². The van der Waals surface area contributed by atoms with E-state index in [4.69, 9.17) is 11.6 Å². The summed E-state index contributed by atoms with van der Waals surface area (Å²) in [6, 6.07) is 4.34. The first-order valence-electron chi connectivity index (χ1n) is 3.95. The normalized spacial score (nSPS) is 11.0. The van der Waals surface area contributed by atoms with Gasteiger partial charge in [-0.3, -0.25) is 0 Å². The summed E-state index contributed by atoms with van der Waals surface area (Å²) in [6.07, 6.45) is 0. The lowest BCUT2D eigenvalue weighted by Crippen LogP contribution is -1.85. The van der Waals surface area contributed by atoms with E-state index >= 15 is 0 Å². The zero-order valence-corrected chi connectivity index (χ0v) is 10.8. The lowest BCUT2D eigenvalue weighted by Gasteiger charge is -2.04. The number of hydrogen-bond acceptors (Lipinski definition) is 1. The molecule has 0 radical (unpaired) electrons. The molecule has 1 heterocycles. The molecule has 0 aliphatic heterocycles. The second-order valence-corrected chi connectivity index (χ2v) is 5.23. The molecule has 3 heteroatoms. The zero-order chi connectivity index (χ0) is 9.42. The van der Waals surface area contributed by atoms with E-state index in [1.807, 2.05) is 0 Å². The molecule has 0 fully saturated rings. The van der Waals surface area contributed by atoms with E-state index in [1.54, 1.807) is 11.3 Å². The lowest BCUT2D eigenvalue weighted by molar-refractivity contribution is 1.38. The molecule has 0 aliphatic rings. The average Bonchev–Trinajstić information content (AvgIpc) is 2.60. The third-order valence-corrected chi connectivity index (χ3v) is 5.07. The number of hydrogen-bond donors (Lipinski definition) is 0. The van der Waals surface area contributed by atoms with Crippen LogP contribution in [0.5, 0.6) is 0 Å². The van der Waals surface area contributed by atoms with E-state index in [0.29, 0.717) is 5.88 Å². The number of alkyl halides is 1. The molecule has 0 aliphatic carbocycles. The first-order chi connectivity index (χ1) is 6.24. The van der Waals surface area contributed by atoms with Crippen molar-refractivity contribution in [1.29, 1.82) is 0 Å². The van der Waals surface area contributed by atoms with Crippen molar-refractivity contribution in [3.63, 3.8) is 0 Å². The Morgan fingerprint density at radius 3 is 3.00 bits per heavy atom. The maximum Gasteiger partial charge on any atom is 0.0482 e. The van der Waals surface area contributed by atoms with Gasteiger partial charge in [0.05, 0.1) is 0 Å². The van der Waals surface area contributed by atoms with Gasteiger partial charge in [-0.15, -0.1) is 22.9 Å². The molecule has 0 N–H and O–H groups in total. The van der Waals surface area contributed by atoms with Gasteiger partial charge >= 0.3 is 0 Å². The molecule has 0 atom stereocenters. The molecule has 68 valence electrons. The minimum atomic E-state index is 0.602. The van der Waals surface area contributed by atoms with E-state index in [2.05, 4.69) is 47.0 Å². The Labute approximate surface area is 100 Å². The molecule has 1 aromatic heterocycles. The summed E-state index contributed by atoms with van der Waals surface area (Å²) in [5.74, 6) is 0.602. The monoisotopic (exact) mass is 322 g/mol. The fraction of sp³-hybridized carbons (Fsp3) is 0.200. The summed E-state index contributed by atoms with van der Waals surface area (Å²) < 4.78 is 2.73. The van der Waals surface area contributed by atoms with Crippen molar-refractivity contribution in [2.45, 2.75) is 12.8 Å². The number of halogens is 2. The largest absolute Gasteiger partial charge is 0.143 e.